The summed E-state index contributed by atoms with van der Waals surface area (Å²) in [6, 6.07) is 3.95. The summed E-state index contributed by atoms with van der Waals surface area (Å²) in [6.07, 6.45) is 8.54. The van der Waals surface area contributed by atoms with E-state index in [-0.39, 0.29) is 34.5 Å². The minimum absolute atomic E-state index is 0.0609. The molecule has 4 aliphatic heterocycles. The number of carbonyl (C=O) groups is 3. The fourth-order valence-electron chi connectivity index (χ4n) is 9.84. The highest BCUT2D eigenvalue weighted by atomic mass is 35.5. The first-order valence-electron chi connectivity index (χ1n) is 17.2. The number of piperidine rings is 2. The van der Waals surface area contributed by atoms with Crippen molar-refractivity contribution in [3.63, 3.8) is 0 Å². The first-order valence-corrected chi connectivity index (χ1v) is 18.8. The van der Waals surface area contributed by atoms with Crippen LogP contribution in [0.15, 0.2) is 29.8 Å². The van der Waals surface area contributed by atoms with Crippen LogP contribution >= 0.6 is 34.5 Å². The van der Waals surface area contributed by atoms with Crippen molar-refractivity contribution >= 4 is 52.4 Å². The second kappa shape index (κ2) is 13.8. The maximum Gasteiger partial charge on any atom is 0.311 e. The van der Waals surface area contributed by atoms with Crippen molar-refractivity contribution in [1.29, 1.82) is 0 Å². The van der Waals surface area contributed by atoms with Crippen LogP contribution in [0.25, 0.3) is 0 Å². The summed E-state index contributed by atoms with van der Waals surface area (Å²) in [7, 11) is 2.25. The first-order chi connectivity index (χ1) is 22.9. The van der Waals surface area contributed by atoms with Crippen LogP contribution < -0.4 is 5.32 Å². The molecule has 1 aromatic heterocycles. The Bertz CT molecular complexity index is 1500. The number of nitrogens with one attached hydrogen (secondary N) is 1. The van der Waals surface area contributed by atoms with Crippen molar-refractivity contribution in [1.82, 2.24) is 25.0 Å². The molecule has 262 valence electrons. The van der Waals surface area contributed by atoms with Gasteiger partial charge in [-0.2, -0.15) is 0 Å². The minimum Gasteiger partial charge on any atom is -0.481 e. The Hall–Kier alpha value is -2.28. The lowest BCUT2D eigenvalue weighted by Gasteiger charge is -2.58. The minimum atomic E-state index is -1.71. The van der Waals surface area contributed by atoms with Crippen molar-refractivity contribution in [2.45, 2.75) is 101 Å². The summed E-state index contributed by atoms with van der Waals surface area (Å²) in [4.78, 5) is 52.8. The molecule has 4 aliphatic rings. The van der Waals surface area contributed by atoms with E-state index in [1.165, 1.54) is 30.6 Å². The van der Waals surface area contributed by atoms with Crippen molar-refractivity contribution in [3.8, 4) is 0 Å². The van der Waals surface area contributed by atoms with E-state index in [2.05, 4.69) is 27.1 Å². The van der Waals surface area contributed by atoms with Gasteiger partial charge in [0, 0.05) is 84.7 Å². The van der Waals surface area contributed by atoms with Crippen molar-refractivity contribution in [2.75, 3.05) is 33.2 Å². The molecule has 7 atom stereocenters. The standard InChI is InChI=1S/C35H47Cl2N5O5S/c1-4-35(32(46)47)26(21-28(43)41-16-18-42(19-17-41)34-13-6-7-22(12-14-34)40(34)3)39-25(10-11-27-38-15-20-48-27)33(2,31(44)45)30(35)29-23(36)8-5-9-24(29)37/h5,8-9,15,20,22,25-26,30,39H,4,6-7,10-14,16-19,21H2,1-3H3,(H,44,45)(H,46,47). The summed E-state index contributed by atoms with van der Waals surface area (Å²) in [5.74, 6) is -3.60. The maximum absolute atomic E-state index is 14.2. The number of aryl methyl sites for hydroxylation is 1. The van der Waals surface area contributed by atoms with E-state index in [9.17, 15) is 24.6 Å². The van der Waals surface area contributed by atoms with Crippen LogP contribution in [-0.4, -0.2) is 105 Å². The van der Waals surface area contributed by atoms with Gasteiger partial charge < -0.3 is 20.4 Å². The molecule has 3 N–H and O–H groups in total. The van der Waals surface area contributed by atoms with Crippen LogP contribution in [0, 0.1) is 10.8 Å². The number of carbonyl (C=O) groups excluding carboxylic acids is 1. The molecule has 2 bridgehead atoms. The third-order valence-corrected chi connectivity index (χ3v) is 14.0. The number of piperazine rings is 1. The van der Waals surface area contributed by atoms with Crippen molar-refractivity contribution in [3.05, 3.63) is 50.4 Å². The Kier molecular flexibility index (Phi) is 10.2. The molecule has 0 saturated carbocycles. The number of carboxylic acid groups (broad SMARTS) is 2. The molecule has 4 saturated heterocycles. The molecule has 0 aliphatic carbocycles. The van der Waals surface area contributed by atoms with Crippen LogP contribution in [-0.2, 0) is 20.8 Å². The number of carboxylic acids is 2. The highest BCUT2D eigenvalue weighted by molar-refractivity contribution is 7.09. The second-order valence-electron chi connectivity index (χ2n) is 14.3. The Balaban J connectivity index is 1.33. The van der Waals surface area contributed by atoms with E-state index in [0.29, 0.717) is 37.5 Å². The summed E-state index contributed by atoms with van der Waals surface area (Å²) >= 11 is 15.1. The molecule has 5 heterocycles. The molecule has 13 heteroatoms. The summed E-state index contributed by atoms with van der Waals surface area (Å²) in [6.45, 7) is 6.01. The molecule has 1 aromatic carbocycles. The van der Waals surface area contributed by atoms with Gasteiger partial charge in [-0.05, 0) is 76.6 Å². The van der Waals surface area contributed by atoms with E-state index in [1.54, 1.807) is 38.2 Å². The molecule has 7 unspecified atom stereocenters. The molecule has 2 aromatic rings. The smallest absolute Gasteiger partial charge is 0.311 e. The van der Waals surface area contributed by atoms with Crippen molar-refractivity contribution < 1.29 is 24.6 Å². The number of aromatic nitrogens is 1. The molecule has 4 fully saturated rings. The Morgan fingerprint density at radius 1 is 1.04 bits per heavy atom. The van der Waals surface area contributed by atoms with E-state index < -0.39 is 40.8 Å². The van der Waals surface area contributed by atoms with Gasteiger partial charge in [-0.15, -0.1) is 11.3 Å². The zero-order valence-electron chi connectivity index (χ0n) is 28.0. The summed E-state index contributed by atoms with van der Waals surface area (Å²) in [5.41, 5.74) is -2.99. The zero-order valence-corrected chi connectivity index (χ0v) is 30.3. The van der Waals surface area contributed by atoms with Gasteiger partial charge in [-0.1, -0.05) is 36.2 Å². The van der Waals surface area contributed by atoms with Gasteiger partial charge in [0.15, 0.2) is 0 Å². The lowest BCUT2D eigenvalue weighted by molar-refractivity contribution is -0.173. The SMILES string of the molecule is CCC1(C(=O)O)C(CC(=O)N2CCN(C34CCCC(CC3)N4C)CC2)NC(CCc2nccs2)C(C)(C(=O)O)C1c1c(Cl)cccc1Cl. The number of nitrogens with zero attached hydrogens (tertiary/aromatic N) is 4. The normalized spacial score (nSPS) is 34.3. The van der Waals surface area contributed by atoms with E-state index in [1.807, 2.05) is 10.3 Å². The van der Waals surface area contributed by atoms with Gasteiger partial charge in [0.1, 0.15) is 0 Å². The number of aliphatic carboxylic acids is 2. The van der Waals surface area contributed by atoms with Crippen LogP contribution in [0.3, 0.4) is 0 Å². The Labute approximate surface area is 296 Å². The molecule has 6 rings (SSSR count). The highest BCUT2D eigenvalue weighted by Gasteiger charge is 2.67. The first kappa shape index (κ1) is 35.5. The number of amides is 1. The Morgan fingerprint density at radius 3 is 2.35 bits per heavy atom. The molecule has 0 radical (unpaired) electrons. The average molecular weight is 721 g/mol. The third kappa shape index (κ3) is 5.76. The fourth-order valence-corrected chi connectivity index (χ4v) is 11.1. The molecular formula is C35H47Cl2N5O5S. The molecule has 1 amide bonds. The molecule has 0 spiro atoms. The monoisotopic (exact) mass is 719 g/mol. The lowest BCUT2D eigenvalue weighted by atomic mass is 9.50. The number of thiazole rings is 1. The van der Waals surface area contributed by atoms with Gasteiger partial charge in [0.2, 0.25) is 5.91 Å². The van der Waals surface area contributed by atoms with Gasteiger partial charge in [0.25, 0.3) is 0 Å². The average Bonchev–Trinajstić information content (AvgIpc) is 3.63. The number of hydrogen-bond donors (Lipinski definition) is 3. The topological polar surface area (TPSA) is 126 Å². The van der Waals surface area contributed by atoms with Crippen LogP contribution in [0.2, 0.25) is 10.0 Å². The largest absolute Gasteiger partial charge is 0.481 e. The van der Waals surface area contributed by atoms with Crippen LogP contribution in [0.5, 0.6) is 0 Å². The second-order valence-corrected chi connectivity index (χ2v) is 16.1. The van der Waals surface area contributed by atoms with Crippen LogP contribution in [0.1, 0.15) is 81.7 Å². The lowest BCUT2D eigenvalue weighted by Crippen LogP contribution is -2.71. The molecule has 48 heavy (non-hydrogen) atoms. The van der Waals surface area contributed by atoms with Crippen LogP contribution in [0.4, 0.5) is 0 Å². The maximum atomic E-state index is 14.2. The number of rotatable bonds is 10. The van der Waals surface area contributed by atoms with E-state index in [4.69, 9.17) is 23.2 Å². The van der Waals surface area contributed by atoms with E-state index in [0.717, 1.165) is 30.9 Å². The highest BCUT2D eigenvalue weighted by Crippen LogP contribution is 2.60. The predicted octanol–water partition coefficient (Wildman–Crippen LogP) is 5.59. The summed E-state index contributed by atoms with van der Waals surface area (Å²) < 4.78 is 0. The fraction of sp³-hybridized carbons (Fsp3) is 0.657. The number of benzene rings is 1. The number of halogens is 2. The zero-order chi connectivity index (χ0) is 34.4. The predicted molar refractivity (Wildman–Crippen MR) is 187 cm³/mol. The third-order valence-electron chi connectivity index (χ3n) is 12.5. The molecular weight excluding hydrogens is 673 g/mol. The van der Waals surface area contributed by atoms with Crippen molar-refractivity contribution in [2.24, 2.45) is 10.8 Å². The van der Waals surface area contributed by atoms with Gasteiger partial charge in [-0.25, -0.2) is 4.98 Å². The molecule has 10 nitrogen and oxygen atoms in total. The van der Waals surface area contributed by atoms with Gasteiger partial charge >= 0.3 is 11.9 Å². The number of hydrogen-bond acceptors (Lipinski definition) is 8. The quantitative estimate of drug-likeness (QED) is 0.288. The van der Waals surface area contributed by atoms with E-state index >= 15 is 0 Å². The van der Waals surface area contributed by atoms with Gasteiger partial charge in [-0.3, -0.25) is 24.2 Å². The number of fused-ring (bicyclic) bond motifs is 2. The summed E-state index contributed by atoms with van der Waals surface area (Å²) in [5, 5.41) is 28.8. The Morgan fingerprint density at radius 2 is 1.75 bits per heavy atom. The van der Waals surface area contributed by atoms with Gasteiger partial charge in [0.05, 0.1) is 21.5 Å².